The molecule has 1 atom stereocenters. The zero-order valence-electron chi connectivity index (χ0n) is 14.0. The Balaban J connectivity index is 1.71. The lowest BCUT2D eigenvalue weighted by molar-refractivity contribution is -0.119. The van der Waals surface area contributed by atoms with E-state index in [1.807, 2.05) is 47.4 Å². The number of fused-ring (bicyclic) bond motifs is 1. The van der Waals surface area contributed by atoms with Gasteiger partial charge in [0.05, 0.1) is 12.5 Å². The molecule has 3 aromatic carbocycles. The standard InChI is InChI=1S/C22H17Br2NO/c23-17-10-11-18-19(12-16-8-4-5-9-20(16)24)22(26)25(21(18)13-17)14-15-6-2-1-3-7-15/h1-11,13,19H,12,14H2. The van der Waals surface area contributed by atoms with Gasteiger partial charge < -0.3 is 4.90 Å². The van der Waals surface area contributed by atoms with Gasteiger partial charge in [-0.3, -0.25) is 4.79 Å². The van der Waals surface area contributed by atoms with Crippen molar-refractivity contribution in [2.45, 2.75) is 18.9 Å². The van der Waals surface area contributed by atoms with Crippen LogP contribution in [0.1, 0.15) is 22.6 Å². The molecule has 1 amide bonds. The normalized spacial score (nSPS) is 16.0. The predicted octanol–water partition coefficient (Wildman–Crippen LogP) is 6.08. The van der Waals surface area contributed by atoms with E-state index in [0.29, 0.717) is 13.0 Å². The van der Waals surface area contributed by atoms with E-state index in [-0.39, 0.29) is 11.8 Å². The smallest absolute Gasteiger partial charge is 0.235 e. The Bertz CT molecular complexity index is 955. The predicted molar refractivity (Wildman–Crippen MR) is 112 cm³/mol. The fraction of sp³-hybridized carbons (Fsp3) is 0.136. The first-order valence-electron chi connectivity index (χ1n) is 8.51. The first-order valence-corrected chi connectivity index (χ1v) is 10.1. The van der Waals surface area contributed by atoms with Gasteiger partial charge in [0.1, 0.15) is 0 Å². The minimum atomic E-state index is -0.152. The maximum atomic E-state index is 13.3. The monoisotopic (exact) mass is 469 g/mol. The molecule has 0 saturated heterocycles. The molecule has 1 aliphatic rings. The van der Waals surface area contributed by atoms with Crippen LogP contribution >= 0.6 is 31.9 Å². The number of carbonyl (C=O) groups is 1. The minimum Gasteiger partial charge on any atom is -0.307 e. The van der Waals surface area contributed by atoms with Crippen LogP contribution in [0.3, 0.4) is 0 Å². The Morgan fingerprint density at radius 2 is 1.62 bits per heavy atom. The maximum Gasteiger partial charge on any atom is 0.235 e. The van der Waals surface area contributed by atoms with Gasteiger partial charge in [0.15, 0.2) is 0 Å². The molecule has 0 aliphatic carbocycles. The molecule has 1 aliphatic heterocycles. The zero-order valence-corrected chi connectivity index (χ0v) is 17.2. The summed E-state index contributed by atoms with van der Waals surface area (Å²) < 4.78 is 2.04. The fourth-order valence-corrected chi connectivity index (χ4v) is 4.29. The Hall–Kier alpha value is -1.91. The van der Waals surface area contributed by atoms with Crippen LogP contribution in [0.25, 0.3) is 0 Å². The molecule has 0 saturated carbocycles. The van der Waals surface area contributed by atoms with Crippen LogP contribution in [0.4, 0.5) is 5.69 Å². The van der Waals surface area contributed by atoms with Crippen molar-refractivity contribution >= 4 is 43.5 Å². The molecule has 0 spiro atoms. The zero-order chi connectivity index (χ0) is 18.1. The summed E-state index contributed by atoms with van der Waals surface area (Å²) in [4.78, 5) is 15.2. The van der Waals surface area contributed by atoms with E-state index in [2.05, 4.69) is 62.2 Å². The van der Waals surface area contributed by atoms with Crippen LogP contribution in [-0.4, -0.2) is 5.91 Å². The van der Waals surface area contributed by atoms with Crippen molar-refractivity contribution in [1.82, 2.24) is 0 Å². The van der Waals surface area contributed by atoms with E-state index < -0.39 is 0 Å². The summed E-state index contributed by atoms with van der Waals surface area (Å²) in [7, 11) is 0. The van der Waals surface area contributed by atoms with Gasteiger partial charge >= 0.3 is 0 Å². The van der Waals surface area contributed by atoms with Gasteiger partial charge in [-0.2, -0.15) is 0 Å². The van der Waals surface area contributed by atoms with Crippen LogP contribution in [0, 0.1) is 0 Å². The van der Waals surface area contributed by atoms with Crippen LogP contribution in [-0.2, 0) is 17.8 Å². The average molecular weight is 471 g/mol. The summed E-state index contributed by atoms with van der Waals surface area (Å²) in [5.74, 6) is 0.0122. The van der Waals surface area contributed by atoms with Gasteiger partial charge in [-0.1, -0.05) is 86.5 Å². The summed E-state index contributed by atoms with van der Waals surface area (Å²) >= 11 is 7.16. The number of amides is 1. The van der Waals surface area contributed by atoms with Crippen molar-refractivity contribution in [1.29, 1.82) is 0 Å². The molecule has 0 fully saturated rings. The molecule has 1 unspecified atom stereocenters. The van der Waals surface area contributed by atoms with Crippen molar-refractivity contribution < 1.29 is 4.79 Å². The second kappa shape index (κ2) is 7.37. The van der Waals surface area contributed by atoms with E-state index in [1.54, 1.807) is 0 Å². The number of benzene rings is 3. The van der Waals surface area contributed by atoms with Crippen molar-refractivity contribution in [3.8, 4) is 0 Å². The molecule has 0 bridgehead atoms. The molecule has 130 valence electrons. The molecule has 4 rings (SSSR count). The summed E-state index contributed by atoms with van der Waals surface area (Å²) in [5, 5.41) is 0. The topological polar surface area (TPSA) is 20.3 Å². The number of nitrogens with zero attached hydrogens (tertiary/aromatic N) is 1. The molecular weight excluding hydrogens is 454 g/mol. The highest BCUT2D eigenvalue weighted by Gasteiger charge is 2.37. The Kier molecular flexibility index (Phi) is 4.96. The van der Waals surface area contributed by atoms with Crippen LogP contribution in [0.15, 0.2) is 81.7 Å². The van der Waals surface area contributed by atoms with Crippen molar-refractivity contribution in [2.24, 2.45) is 0 Å². The third kappa shape index (κ3) is 3.36. The van der Waals surface area contributed by atoms with Crippen LogP contribution < -0.4 is 4.90 Å². The summed E-state index contributed by atoms with van der Waals surface area (Å²) in [6.45, 7) is 0.593. The Labute approximate surface area is 170 Å². The lowest BCUT2D eigenvalue weighted by atomic mass is 9.93. The van der Waals surface area contributed by atoms with Gasteiger partial charge in [-0.15, -0.1) is 0 Å². The second-order valence-electron chi connectivity index (χ2n) is 6.46. The van der Waals surface area contributed by atoms with Gasteiger partial charge in [0.25, 0.3) is 0 Å². The highest BCUT2D eigenvalue weighted by atomic mass is 79.9. The lowest BCUT2D eigenvalue weighted by Gasteiger charge is -2.18. The SMILES string of the molecule is O=C1C(Cc2ccccc2Br)c2ccc(Br)cc2N1Cc1ccccc1. The number of rotatable bonds is 4. The number of halogens is 2. The number of hydrogen-bond acceptors (Lipinski definition) is 1. The molecule has 1 heterocycles. The third-order valence-electron chi connectivity index (χ3n) is 4.79. The lowest BCUT2D eigenvalue weighted by Crippen LogP contribution is -2.29. The van der Waals surface area contributed by atoms with Crippen molar-refractivity contribution in [3.63, 3.8) is 0 Å². The first kappa shape index (κ1) is 17.5. The van der Waals surface area contributed by atoms with Gasteiger partial charge in [-0.25, -0.2) is 0 Å². The van der Waals surface area contributed by atoms with Gasteiger partial charge in [0, 0.05) is 14.6 Å². The molecular formula is C22H17Br2NO. The molecule has 2 nitrogen and oxygen atoms in total. The second-order valence-corrected chi connectivity index (χ2v) is 8.23. The maximum absolute atomic E-state index is 13.3. The van der Waals surface area contributed by atoms with E-state index in [4.69, 9.17) is 0 Å². The quantitative estimate of drug-likeness (QED) is 0.452. The van der Waals surface area contributed by atoms with E-state index in [9.17, 15) is 4.79 Å². The number of hydrogen-bond donors (Lipinski definition) is 0. The number of carbonyl (C=O) groups excluding carboxylic acids is 1. The van der Waals surface area contributed by atoms with Gasteiger partial charge in [-0.05, 0) is 41.3 Å². The highest BCUT2D eigenvalue weighted by Crippen LogP contribution is 2.42. The number of anilines is 1. The van der Waals surface area contributed by atoms with E-state index in [0.717, 1.165) is 31.3 Å². The average Bonchev–Trinajstić information content (AvgIpc) is 2.89. The van der Waals surface area contributed by atoms with Crippen LogP contribution in [0.2, 0.25) is 0 Å². The summed E-state index contributed by atoms with van der Waals surface area (Å²) in [6, 6.07) is 24.4. The van der Waals surface area contributed by atoms with Gasteiger partial charge in [0.2, 0.25) is 5.91 Å². The van der Waals surface area contributed by atoms with E-state index in [1.165, 1.54) is 0 Å². The van der Waals surface area contributed by atoms with Crippen molar-refractivity contribution in [3.05, 3.63) is 98.4 Å². The minimum absolute atomic E-state index is 0.152. The molecule has 0 radical (unpaired) electrons. The Morgan fingerprint density at radius 3 is 2.38 bits per heavy atom. The summed E-state index contributed by atoms with van der Waals surface area (Å²) in [6.07, 6.45) is 0.695. The molecule has 0 aromatic heterocycles. The largest absolute Gasteiger partial charge is 0.307 e. The molecule has 26 heavy (non-hydrogen) atoms. The summed E-state index contributed by atoms with van der Waals surface area (Å²) in [5.41, 5.74) is 4.39. The van der Waals surface area contributed by atoms with E-state index >= 15 is 0 Å². The molecule has 0 N–H and O–H groups in total. The highest BCUT2D eigenvalue weighted by molar-refractivity contribution is 9.10. The van der Waals surface area contributed by atoms with Crippen molar-refractivity contribution in [2.75, 3.05) is 4.90 Å². The third-order valence-corrected chi connectivity index (χ3v) is 6.06. The first-order chi connectivity index (χ1) is 12.6. The Morgan fingerprint density at radius 1 is 0.885 bits per heavy atom. The molecule has 3 aromatic rings. The van der Waals surface area contributed by atoms with Crippen LogP contribution in [0.5, 0.6) is 0 Å². The fourth-order valence-electron chi connectivity index (χ4n) is 3.50. The molecule has 4 heteroatoms.